The molecule has 1 aliphatic heterocycles. The molecule has 31 heavy (non-hydrogen) atoms. The molecule has 0 aromatic carbocycles. The first-order chi connectivity index (χ1) is 14.7. The van der Waals surface area contributed by atoms with Gasteiger partial charge in [-0.05, 0) is 51.9 Å². The lowest BCUT2D eigenvalue weighted by Gasteiger charge is -2.30. The van der Waals surface area contributed by atoms with Gasteiger partial charge in [-0.25, -0.2) is 4.79 Å². The molecule has 6 nitrogen and oxygen atoms in total. The number of unbranched alkanes of at least 4 members (excludes halogenated alkanes) is 4. The summed E-state index contributed by atoms with van der Waals surface area (Å²) in [5.41, 5.74) is -0.802. The lowest BCUT2D eigenvalue weighted by molar-refractivity contribution is -0.127. The molecule has 2 unspecified atom stereocenters. The van der Waals surface area contributed by atoms with Crippen LogP contribution in [-0.2, 0) is 9.59 Å². The fourth-order valence-electron chi connectivity index (χ4n) is 5.03. The van der Waals surface area contributed by atoms with Gasteiger partial charge in [-0.3, -0.25) is 9.69 Å². The third-order valence-electron chi connectivity index (χ3n) is 7.24. The average Bonchev–Trinajstić information content (AvgIpc) is 2.94. The number of rotatable bonds is 14. The van der Waals surface area contributed by atoms with Gasteiger partial charge in [0.1, 0.15) is 11.8 Å². The van der Waals surface area contributed by atoms with Crippen LogP contribution in [0.1, 0.15) is 110 Å². The van der Waals surface area contributed by atoms with Gasteiger partial charge in [0.25, 0.3) is 5.91 Å². The number of carbonyl (C=O) groups is 3. The van der Waals surface area contributed by atoms with E-state index in [0.717, 1.165) is 50.9 Å². The predicted octanol–water partition coefficient (Wildman–Crippen LogP) is 5.07. The molecule has 2 fully saturated rings. The molecular formula is C25H44N2O4. The SMILES string of the molecule is CC(=O)CCCCCCCC1C(=O)N(C)C(=O)N1CCC(C)(O)CCC1CCCCC1. The van der Waals surface area contributed by atoms with Crippen LogP contribution in [0.2, 0.25) is 0 Å². The van der Waals surface area contributed by atoms with Crippen LogP contribution in [-0.4, -0.2) is 57.9 Å². The zero-order valence-electron chi connectivity index (χ0n) is 20.0. The van der Waals surface area contributed by atoms with Crippen LogP contribution < -0.4 is 0 Å². The van der Waals surface area contributed by atoms with Crippen molar-refractivity contribution in [1.82, 2.24) is 9.80 Å². The fourth-order valence-corrected chi connectivity index (χ4v) is 5.03. The summed E-state index contributed by atoms with van der Waals surface area (Å²) in [6, 6.07) is -0.636. The largest absolute Gasteiger partial charge is 0.390 e. The van der Waals surface area contributed by atoms with Crippen LogP contribution >= 0.6 is 0 Å². The van der Waals surface area contributed by atoms with Crippen LogP contribution in [0.15, 0.2) is 0 Å². The number of ketones is 1. The zero-order valence-corrected chi connectivity index (χ0v) is 20.0. The number of nitrogens with zero attached hydrogens (tertiary/aromatic N) is 2. The summed E-state index contributed by atoms with van der Waals surface area (Å²) in [7, 11) is 1.56. The first kappa shape index (κ1) is 25.8. The van der Waals surface area contributed by atoms with E-state index in [9.17, 15) is 19.5 Å². The number of likely N-dealkylation sites (N-methyl/N-ethyl adjacent to an activating group) is 1. The van der Waals surface area contributed by atoms with E-state index in [0.29, 0.717) is 25.8 Å². The van der Waals surface area contributed by atoms with Crippen LogP contribution in [0.25, 0.3) is 0 Å². The minimum atomic E-state index is -0.802. The standard InChI is InChI=1S/C25H44N2O4/c1-20(28)12-8-5-4-6-11-15-22-23(29)26(3)24(30)27(22)19-18-25(2,31)17-16-21-13-9-7-10-14-21/h21-22,31H,4-19H2,1-3H3. The summed E-state index contributed by atoms with van der Waals surface area (Å²) >= 11 is 0. The van der Waals surface area contributed by atoms with Gasteiger partial charge in [0, 0.05) is 20.0 Å². The van der Waals surface area contributed by atoms with E-state index in [1.165, 1.54) is 37.0 Å². The molecule has 2 rings (SSSR count). The lowest BCUT2D eigenvalue weighted by Crippen LogP contribution is -2.39. The van der Waals surface area contributed by atoms with Gasteiger partial charge >= 0.3 is 6.03 Å². The molecule has 1 saturated heterocycles. The summed E-state index contributed by atoms with van der Waals surface area (Å²) in [6.45, 7) is 3.93. The van der Waals surface area contributed by atoms with Gasteiger partial charge in [0.15, 0.2) is 0 Å². The number of aliphatic hydroxyl groups is 1. The maximum atomic E-state index is 12.6. The molecule has 1 saturated carbocycles. The van der Waals surface area contributed by atoms with E-state index in [1.54, 1.807) is 18.9 Å². The Morgan fingerprint density at radius 3 is 2.32 bits per heavy atom. The van der Waals surface area contributed by atoms with Gasteiger partial charge in [0.05, 0.1) is 5.60 Å². The zero-order chi connectivity index (χ0) is 22.9. The van der Waals surface area contributed by atoms with Crippen molar-refractivity contribution in [3.8, 4) is 0 Å². The Balaban J connectivity index is 1.76. The fraction of sp³-hybridized carbons (Fsp3) is 0.880. The van der Waals surface area contributed by atoms with Gasteiger partial charge in [-0.1, -0.05) is 57.8 Å². The van der Waals surface area contributed by atoms with Gasteiger partial charge < -0.3 is 14.8 Å². The molecule has 2 atom stereocenters. The Morgan fingerprint density at radius 1 is 1.00 bits per heavy atom. The molecule has 1 aliphatic carbocycles. The van der Waals surface area contributed by atoms with Gasteiger partial charge in [0.2, 0.25) is 0 Å². The molecule has 0 spiro atoms. The molecule has 178 valence electrons. The molecule has 0 radical (unpaired) electrons. The van der Waals surface area contributed by atoms with E-state index >= 15 is 0 Å². The monoisotopic (exact) mass is 436 g/mol. The maximum absolute atomic E-state index is 12.6. The predicted molar refractivity (Wildman–Crippen MR) is 123 cm³/mol. The topological polar surface area (TPSA) is 77.9 Å². The molecular weight excluding hydrogens is 392 g/mol. The summed E-state index contributed by atoms with van der Waals surface area (Å²) in [6.07, 6.45) is 15.1. The summed E-state index contributed by atoms with van der Waals surface area (Å²) < 4.78 is 0. The minimum absolute atomic E-state index is 0.122. The third kappa shape index (κ3) is 8.55. The van der Waals surface area contributed by atoms with E-state index in [2.05, 4.69) is 0 Å². The Kier molecular flexibility index (Phi) is 10.5. The van der Waals surface area contributed by atoms with Crippen LogP contribution in [0.5, 0.6) is 0 Å². The highest BCUT2D eigenvalue weighted by Crippen LogP contribution is 2.31. The first-order valence-corrected chi connectivity index (χ1v) is 12.5. The number of hydrogen-bond donors (Lipinski definition) is 1. The van der Waals surface area contributed by atoms with Crippen molar-refractivity contribution < 1.29 is 19.5 Å². The van der Waals surface area contributed by atoms with Crippen LogP contribution in [0.3, 0.4) is 0 Å². The van der Waals surface area contributed by atoms with Gasteiger partial charge in [-0.15, -0.1) is 0 Å². The van der Waals surface area contributed by atoms with Crippen molar-refractivity contribution in [2.24, 2.45) is 5.92 Å². The van der Waals surface area contributed by atoms with E-state index in [1.807, 2.05) is 6.92 Å². The Bertz CT molecular complexity index is 598. The van der Waals surface area contributed by atoms with Crippen molar-refractivity contribution in [2.75, 3.05) is 13.6 Å². The normalized spacial score (nSPS) is 22.3. The molecule has 1 heterocycles. The molecule has 0 aromatic heterocycles. The van der Waals surface area contributed by atoms with Crippen molar-refractivity contribution in [3.05, 3.63) is 0 Å². The lowest BCUT2D eigenvalue weighted by atomic mass is 9.82. The molecule has 0 aromatic rings. The van der Waals surface area contributed by atoms with Crippen molar-refractivity contribution >= 4 is 17.7 Å². The minimum Gasteiger partial charge on any atom is -0.390 e. The summed E-state index contributed by atoms with van der Waals surface area (Å²) in [5.74, 6) is 0.844. The van der Waals surface area contributed by atoms with Crippen molar-refractivity contribution in [3.63, 3.8) is 0 Å². The second kappa shape index (κ2) is 12.6. The number of carbonyl (C=O) groups excluding carboxylic acids is 3. The Hall–Kier alpha value is -1.43. The number of imide groups is 1. The van der Waals surface area contributed by atoms with E-state index in [4.69, 9.17) is 0 Å². The molecule has 2 aliphatic rings. The third-order valence-corrected chi connectivity index (χ3v) is 7.24. The smallest absolute Gasteiger partial charge is 0.327 e. The van der Waals surface area contributed by atoms with Crippen LogP contribution in [0, 0.1) is 5.92 Å². The number of urea groups is 1. The summed E-state index contributed by atoms with van der Waals surface area (Å²) in [5, 5.41) is 10.9. The number of Topliss-reactive ketones (excluding diaryl/α,β-unsaturated/α-hetero) is 1. The molecule has 3 amide bonds. The Labute approximate surface area is 188 Å². The van der Waals surface area contributed by atoms with Crippen molar-refractivity contribution in [2.45, 2.75) is 122 Å². The van der Waals surface area contributed by atoms with E-state index < -0.39 is 11.6 Å². The second-order valence-corrected chi connectivity index (χ2v) is 10.2. The highest BCUT2D eigenvalue weighted by molar-refractivity contribution is 6.03. The number of amides is 3. The van der Waals surface area contributed by atoms with Gasteiger partial charge in [-0.2, -0.15) is 0 Å². The molecule has 1 N–H and O–H groups in total. The van der Waals surface area contributed by atoms with Crippen molar-refractivity contribution in [1.29, 1.82) is 0 Å². The maximum Gasteiger partial charge on any atom is 0.327 e. The quantitative estimate of drug-likeness (QED) is 0.305. The second-order valence-electron chi connectivity index (χ2n) is 10.2. The highest BCUT2D eigenvalue weighted by Gasteiger charge is 2.42. The highest BCUT2D eigenvalue weighted by atomic mass is 16.3. The van der Waals surface area contributed by atoms with E-state index in [-0.39, 0.29) is 17.7 Å². The summed E-state index contributed by atoms with van der Waals surface area (Å²) in [4.78, 5) is 39.1. The Morgan fingerprint density at radius 2 is 1.65 bits per heavy atom. The first-order valence-electron chi connectivity index (χ1n) is 12.5. The molecule has 6 heteroatoms. The average molecular weight is 437 g/mol. The number of hydrogen-bond acceptors (Lipinski definition) is 4. The molecule has 0 bridgehead atoms. The van der Waals surface area contributed by atoms with Crippen LogP contribution in [0.4, 0.5) is 4.79 Å².